The molecule has 6 N–H and O–H groups in total. The van der Waals surface area contributed by atoms with E-state index in [9.17, 15) is 20.4 Å². The standard InChI is InChI=1S/C24H27N3O6/c1-2-13-3-5-14(6-4-13)17-11-18(27-24(25)26-17)15-7-9-16(10-8-15)32-23-22(31)21(30)20(29)19(12-28)33-23/h3-11,19-23,28-31H,2,12H2,1H3,(H2,25,26,27)/t19-,20-,21-,22-,23-/m1/s1. The van der Waals surface area contributed by atoms with Crippen molar-refractivity contribution < 1.29 is 29.9 Å². The monoisotopic (exact) mass is 453 g/mol. The van der Waals surface area contributed by atoms with Crippen LogP contribution in [-0.4, -0.2) is 67.7 Å². The lowest BCUT2D eigenvalue weighted by Crippen LogP contribution is -2.60. The third-order valence-corrected chi connectivity index (χ3v) is 5.65. The van der Waals surface area contributed by atoms with Gasteiger partial charge in [-0.1, -0.05) is 31.2 Å². The van der Waals surface area contributed by atoms with E-state index in [2.05, 4.69) is 29.0 Å². The lowest BCUT2D eigenvalue weighted by molar-refractivity contribution is -0.277. The van der Waals surface area contributed by atoms with Gasteiger partial charge in [0.05, 0.1) is 18.0 Å². The second-order valence-corrected chi connectivity index (χ2v) is 7.89. The molecule has 9 nitrogen and oxygen atoms in total. The number of ether oxygens (including phenoxy) is 2. The molecule has 1 aliphatic heterocycles. The second kappa shape index (κ2) is 9.82. The van der Waals surface area contributed by atoms with Crippen molar-refractivity contribution in [1.82, 2.24) is 9.97 Å². The smallest absolute Gasteiger partial charge is 0.229 e. The number of benzene rings is 2. The van der Waals surface area contributed by atoms with Crippen LogP contribution < -0.4 is 10.5 Å². The van der Waals surface area contributed by atoms with Gasteiger partial charge in [0.15, 0.2) is 0 Å². The number of nitrogens with two attached hydrogens (primary N) is 1. The summed E-state index contributed by atoms with van der Waals surface area (Å²) in [6.07, 6.45) is -5.77. The molecule has 0 bridgehead atoms. The number of nitrogens with zero attached hydrogens (tertiary/aromatic N) is 2. The fourth-order valence-corrected chi connectivity index (χ4v) is 3.68. The highest BCUT2D eigenvalue weighted by atomic mass is 16.7. The van der Waals surface area contributed by atoms with E-state index < -0.39 is 37.3 Å². The van der Waals surface area contributed by atoms with Gasteiger partial charge in [0.25, 0.3) is 0 Å². The van der Waals surface area contributed by atoms with Crippen molar-refractivity contribution in [2.24, 2.45) is 0 Å². The van der Waals surface area contributed by atoms with Crippen molar-refractivity contribution in [3.8, 4) is 28.3 Å². The maximum absolute atomic E-state index is 10.1. The number of aliphatic hydroxyl groups excluding tert-OH is 4. The average Bonchev–Trinajstić information content (AvgIpc) is 2.84. The molecule has 33 heavy (non-hydrogen) atoms. The number of hydrogen-bond donors (Lipinski definition) is 5. The minimum Gasteiger partial charge on any atom is -0.462 e. The first-order chi connectivity index (χ1) is 15.9. The normalized spacial score (nSPS) is 25.1. The molecule has 1 aromatic heterocycles. The Morgan fingerprint density at radius 3 is 2.00 bits per heavy atom. The molecule has 2 heterocycles. The van der Waals surface area contributed by atoms with Crippen LogP contribution in [0, 0.1) is 0 Å². The molecule has 0 saturated carbocycles. The van der Waals surface area contributed by atoms with Crippen LogP contribution in [0.2, 0.25) is 0 Å². The summed E-state index contributed by atoms with van der Waals surface area (Å²) >= 11 is 0. The van der Waals surface area contributed by atoms with Gasteiger partial charge in [-0.3, -0.25) is 0 Å². The predicted octanol–water partition coefficient (Wildman–Crippen LogP) is 1.13. The molecule has 0 unspecified atom stereocenters. The summed E-state index contributed by atoms with van der Waals surface area (Å²) in [4.78, 5) is 8.68. The van der Waals surface area contributed by atoms with Crippen LogP contribution in [-0.2, 0) is 11.2 Å². The van der Waals surface area contributed by atoms with Gasteiger partial charge in [-0.2, -0.15) is 0 Å². The van der Waals surface area contributed by atoms with Crippen LogP contribution >= 0.6 is 0 Å². The third-order valence-electron chi connectivity index (χ3n) is 5.65. The Hall–Kier alpha value is -3.08. The number of aliphatic hydroxyl groups is 4. The first-order valence-electron chi connectivity index (χ1n) is 10.7. The van der Waals surface area contributed by atoms with Gasteiger partial charge in [0.2, 0.25) is 12.2 Å². The minimum absolute atomic E-state index is 0.156. The van der Waals surface area contributed by atoms with E-state index >= 15 is 0 Å². The molecular formula is C24H27N3O6. The Bertz CT molecular complexity index is 1070. The molecule has 0 spiro atoms. The fraction of sp³-hybridized carbons (Fsp3) is 0.333. The third kappa shape index (κ3) is 4.97. The zero-order valence-corrected chi connectivity index (χ0v) is 18.1. The molecule has 3 aromatic rings. The van der Waals surface area contributed by atoms with Crippen molar-refractivity contribution in [1.29, 1.82) is 0 Å². The summed E-state index contributed by atoms with van der Waals surface area (Å²) in [6, 6.07) is 16.8. The van der Waals surface area contributed by atoms with Gasteiger partial charge in [0, 0.05) is 11.1 Å². The number of anilines is 1. The Balaban J connectivity index is 1.53. The van der Waals surface area contributed by atoms with E-state index in [1.54, 1.807) is 24.3 Å². The highest BCUT2D eigenvalue weighted by molar-refractivity contribution is 5.69. The summed E-state index contributed by atoms with van der Waals surface area (Å²) < 4.78 is 11.0. The summed E-state index contributed by atoms with van der Waals surface area (Å²) in [6.45, 7) is 1.57. The van der Waals surface area contributed by atoms with Gasteiger partial charge in [-0.15, -0.1) is 0 Å². The molecule has 2 aromatic carbocycles. The van der Waals surface area contributed by atoms with Crippen LogP contribution in [0.3, 0.4) is 0 Å². The Morgan fingerprint density at radius 2 is 1.45 bits per heavy atom. The highest BCUT2D eigenvalue weighted by Crippen LogP contribution is 2.28. The van der Waals surface area contributed by atoms with Crippen LogP contribution in [0.4, 0.5) is 5.95 Å². The molecule has 1 saturated heterocycles. The lowest BCUT2D eigenvalue weighted by atomic mass is 9.99. The molecule has 1 aliphatic rings. The number of nitrogen functional groups attached to an aromatic ring is 1. The second-order valence-electron chi connectivity index (χ2n) is 7.89. The Morgan fingerprint density at radius 1 is 0.879 bits per heavy atom. The van der Waals surface area contributed by atoms with E-state index in [1.807, 2.05) is 18.2 Å². The number of aromatic nitrogens is 2. The van der Waals surface area contributed by atoms with Gasteiger partial charge in [-0.25, -0.2) is 9.97 Å². The summed E-state index contributed by atoms with van der Waals surface area (Å²) in [7, 11) is 0. The molecule has 9 heteroatoms. The molecule has 0 amide bonds. The predicted molar refractivity (Wildman–Crippen MR) is 121 cm³/mol. The quantitative estimate of drug-likeness (QED) is 0.370. The van der Waals surface area contributed by atoms with Gasteiger partial charge < -0.3 is 35.6 Å². The van der Waals surface area contributed by atoms with Gasteiger partial charge >= 0.3 is 0 Å². The summed E-state index contributed by atoms with van der Waals surface area (Å²) in [5.74, 6) is 0.518. The molecule has 5 atom stereocenters. The lowest BCUT2D eigenvalue weighted by Gasteiger charge is -2.39. The maximum Gasteiger partial charge on any atom is 0.229 e. The van der Waals surface area contributed by atoms with Gasteiger partial charge in [-0.05, 0) is 42.3 Å². The van der Waals surface area contributed by atoms with Crippen LogP contribution in [0.5, 0.6) is 5.75 Å². The maximum atomic E-state index is 10.1. The minimum atomic E-state index is -1.51. The molecule has 4 rings (SSSR count). The molecule has 0 radical (unpaired) electrons. The van der Waals surface area contributed by atoms with Crippen molar-refractivity contribution in [2.45, 2.75) is 44.1 Å². The number of rotatable bonds is 6. The molecular weight excluding hydrogens is 426 g/mol. The first-order valence-corrected chi connectivity index (χ1v) is 10.7. The zero-order chi connectivity index (χ0) is 23.5. The van der Waals surface area contributed by atoms with Crippen LogP contribution in [0.1, 0.15) is 12.5 Å². The first kappa shape index (κ1) is 23.1. The molecule has 0 aliphatic carbocycles. The largest absolute Gasteiger partial charge is 0.462 e. The Labute approximate surface area is 191 Å². The number of aryl methyl sites for hydroxylation is 1. The summed E-state index contributed by atoms with van der Waals surface area (Å²) in [5.41, 5.74) is 10.2. The fourth-order valence-electron chi connectivity index (χ4n) is 3.68. The SMILES string of the molecule is CCc1ccc(-c2cc(-c3ccc(O[C@@H]4O[C@H](CO)[C@@H](O)[C@@H](O)[C@H]4O)cc3)nc(N)n2)cc1. The Kier molecular flexibility index (Phi) is 6.87. The van der Waals surface area contributed by atoms with E-state index in [0.29, 0.717) is 17.1 Å². The molecule has 1 fully saturated rings. The van der Waals surface area contributed by atoms with Crippen molar-refractivity contribution in [2.75, 3.05) is 12.3 Å². The van der Waals surface area contributed by atoms with Gasteiger partial charge in [0.1, 0.15) is 30.2 Å². The zero-order valence-electron chi connectivity index (χ0n) is 18.1. The number of hydrogen-bond acceptors (Lipinski definition) is 9. The van der Waals surface area contributed by atoms with Crippen molar-refractivity contribution >= 4 is 5.95 Å². The van der Waals surface area contributed by atoms with Crippen LogP contribution in [0.15, 0.2) is 54.6 Å². The van der Waals surface area contributed by atoms with E-state index in [-0.39, 0.29) is 5.95 Å². The van der Waals surface area contributed by atoms with E-state index in [4.69, 9.17) is 15.2 Å². The average molecular weight is 453 g/mol. The van der Waals surface area contributed by atoms with E-state index in [1.165, 1.54) is 5.56 Å². The molecule has 174 valence electrons. The summed E-state index contributed by atoms with van der Waals surface area (Å²) in [5, 5.41) is 39.3. The van der Waals surface area contributed by atoms with E-state index in [0.717, 1.165) is 17.5 Å². The van der Waals surface area contributed by atoms with Crippen LogP contribution in [0.25, 0.3) is 22.5 Å². The highest BCUT2D eigenvalue weighted by Gasteiger charge is 2.44. The van der Waals surface area contributed by atoms with Crippen molar-refractivity contribution in [3.63, 3.8) is 0 Å². The topological polar surface area (TPSA) is 151 Å². The van der Waals surface area contributed by atoms with Crippen molar-refractivity contribution in [3.05, 3.63) is 60.2 Å².